The Kier molecular flexibility index (Phi) is 8.71. The van der Waals surface area contributed by atoms with E-state index < -0.39 is 0 Å². The van der Waals surface area contributed by atoms with Crippen LogP contribution in [0.15, 0.2) is 52.6 Å². The lowest BCUT2D eigenvalue weighted by Gasteiger charge is -2.42. The first-order valence-corrected chi connectivity index (χ1v) is 14.6. The zero-order chi connectivity index (χ0) is 28.0. The van der Waals surface area contributed by atoms with E-state index in [0.717, 1.165) is 59.3 Å². The maximum atomic E-state index is 10.2. The van der Waals surface area contributed by atoms with Gasteiger partial charge in [0.1, 0.15) is 16.5 Å². The molecular formula is C29H34Cl2N6O3S. The predicted octanol–water partition coefficient (Wildman–Crippen LogP) is 5.16. The SMILES string of the molecule is COc1ccc(-c2cn3ccc(Sc4nc(CO)c(N5CCC6(CC5)CO[C@@H](C)[C@H]6N)nc4C)c(Cl)c3n2)cc1.Cl. The molecule has 0 radical (unpaired) electrons. The number of hydrogen-bond donors (Lipinski definition) is 2. The van der Waals surface area contributed by atoms with E-state index in [1.165, 1.54) is 11.8 Å². The highest BCUT2D eigenvalue weighted by molar-refractivity contribution is 7.99. The molecule has 9 nitrogen and oxygen atoms in total. The Morgan fingerprint density at radius 3 is 2.54 bits per heavy atom. The van der Waals surface area contributed by atoms with Crippen molar-refractivity contribution in [2.45, 2.75) is 55.4 Å². The van der Waals surface area contributed by atoms with Gasteiger partial charge in [0.05, 0.1) is 42.8 Å². The van der Waals surface area contributed by atoms with E-state index in [-0.39, 0.29) is 36.6 Å². The molecule has 0 saturated carbocycles. The summed E-state index contributed by atoms with van der Waals surface area (Å²) >= 11 is 8.28. The van der Waals surface area contributed by atoms with E-state index in [1.807, 2.05) is 54.0 Å². The van der Waals surface area contributed by atoms with Crippen molar-refractivity contribution >= 4 is 47.2 Å². The van der Waals surface area contributed by atoms with Crippen molar-refractivity contribution in [3.63, 3.8) is 0 Å². The number of nitrogens with zero attached hydrogens (tertiary/aromatic N) is 5. The second kappa shape index (κ2) is 11.9. The molecule has 2 saturated heterocycles. The van der Waals surface area contributed by atoms with Gasteiger partial charge in [0.25, 0.3) is 0 Å². The lowest BCUT2D eigenvalue weighted by atomic mass is 9.73. The van der Waals surface area contributed by atoms with Gasteiger partial charge in [0.2, 0.25) is 0 Å². The van der Waals surface area contributed by atoms with Crippen molar-refractivity contribution in [2.24, 2.45) is 11.1 Å². The monoisotopic (exact) mass is 616 g/mol. The summed E-state index contributed by atoms with van der Waals surface area (Å²) < 4.78 is 13.0. The lowest BCUT2D eigenvalue weighted by molar-refractivity contribution is 0.0973. The third-order valence-electron chi connectivity index (χ3n) is 8.26. The zero-order valence-electron chi connectivity index (χ0n) is 23.2. The van der Waals surface area contributed by atoms with E-state index in [4.69, 9.17) is 41.8 Å². The number of nitrogens with two attached hydrogens (primary N) is 1. The largest absolute Gasteiger partial charge is 0.497 e. The van der Waals surface area contributed by atoms with Crippen molar-refractivity contribution in [3.8, 4) is 17.0 Å². The fourth-order valence-corrected chi connectivity index (χ4v) is 6.89. The summed E-state index contributed by atoms with van der Waals surface area (Å²) in [5.74, 6) is 1.53. The first kappa shape index (κ1) is 29.9. The lowest BCUT2D eigenvalue weighted by Crippen LogP contribution is -2.51. The smallest absolute Gasteiger partial charge is 0.157 e. The van der Waals surface area contributed by atoms with Gasteiger partial charge >= 0.3 is 0 Å². The highest BCUT2D eigenvalue weighted by Gasteiger charge is 2.47. The maximum Gasteiger partial charge on any atom is 0.157 e. The van der Waals surface area contributed by atoms with Gasteiger partial charge in [-0.3, -0.25) is 0 Å². The zero-order valence-corrected chi connectivity index (χ0v) is 25.6. The number of halogens is 2. The van der Waals surface area contributed by atoms with Crippen molar-refractivity contribution in [1.82, 2.24) is 19.4 Å². The van der Waals surface area contributed by atoms with Crippen LogP contribution in [0.3, 0.4) is 0 Å². The molecule has 41 heavy (non-hydrogen) atoms. The van der Waals surface area contributed by atoms with Crippen LogP contribution in [0.5, 0.6) is 5.75 Å². The molecule has 5 heterocycles. The summed E-state index contributed by atoms with van der Waals surface area (Å²) in [7, 11) is 1.65. The van der Waals surface area contributed by atoms with E-state index in [1.54, 1.807) is 7.11 Å². The number of anilines is 1. The number of benzene rings is 1. The van der Waals surface area contributed by atoms with Crippen LogP contribution in [0.2, 0.25) is 5.02 Å². The molecule has 0 bridgehead atoms. The second-order valence-corrected chi connectivity index (χ2v) is 12.0. The van der Waals surface area contributed by atoms with Gasteiger partial charge in [-0.1, -0.05) is 23.4 Å². The van der Waals surface area contributed by atoms with Crippen molar-refractivity contribution in [1.29, 1.82) is 0 Å². The van der Waals surface area contributed by atoms with E-state index in [9.17, 15) is 5.11 Å². The van der Waals surface area contributed by atoms with Gasteiger partial charge in [-0.15, -0.1) is 12.4 Å². The van der Waals surface area contributed by atoms with Gasteiger partial charge in [-0.05, 0) is 57.0 Å². The average molecular weight is 618 g/mol. The van der Waals surface area contributed by atoms with Crippen molar-refractivity contribution in [2.75, 3.05) is 31.7 Å². The van der Waals surface area contributed by atoms with E-state index in [2.05, 4.69) is 11.8 Å². The highest BCUT2D eigenvalue weighted by atomic mass is 35.5. The van der Waals surface area contributed by atoms with Crippen LogP contribution in [-0.2, 0) is 11.3 Å². The van der Waals surface area contributed by atoms with Crippen molar-refractivity contribution < 1.29 is 14.6 Å². The Morgan fingerprint density at radius 2 is 1.90 bits per heavy atom. The number of piperidine rings is 1. The van der Waals surface area contributed by atoms with Crippen LogP contribution in [-0.4, -0.2) is 63.4 Å². The number of pyridine rings is 1. The summed E-state index contributed by atoms with van der Waals surface area (Å²) in [6, 6.07) is 9.76. The molecule has 2 aliphatic heterocycles. The Hall–Kier alpha value is -2.60. The molecule has 1 spiro atoms. The van der Waals surface area contributed by atoms with E-state index in [0.29, 0.717) is 28.0 Å². The number of aryl methyl sites for hydroxylation is 1. The Labute approximate surface area is 254 Å². The molecule has 3 aromatic heterocycles. The Bertz CT molecular complexity index is 1540. The standard InChI is InChI=1S/C29H33ClN6O3S.ClH/c1-17-28(34-22(15-37)26(32-17)35-12-9-29(10-13-35)16-39-18(2)25(29)31)40-23-8-11-36-14-21(33-27(36)24(23)30)19-4-6-20(38-3)7-5-19;/h4-8,11,14,18,25,37H,9-10,12-13,15-16,31H2,1-3H3;1H/t18-,25+;/m0./s1. The summed E-state index contributed by atoms with van der Waals surface area (Å²) in [6.45, 7) is 6.11. The summed E-state index contributed by atoms with van der Waals surface area (Å²) in [5.41, 5.74) is 10.3. The van der Waals surface area contributed by atoms with E-state index >= 15 is 0 Å². The Balaban J connectivity index is 0.00000337. The molecule has 2 aliphatic rings. The van der Waals surface area contributed by atoms with Crippen LogP contribution in [0.4, 0.5) is 5.82 Å². The van der Waals surface area contributed by atoms with Gasteiger partial charge in [-0.2, -0.15) is 0 Å². The van der Waals surface area contributed by atoms with Crippen LogP contribution >= 0.6 is 35.8 Å². The molecule has 12 heteroatoms. The molecule has 1 aromatic carbocycles. The number of hydrogen-bond acceptors (Lipinski definition) is 9. The molecule has 0 unspecified atom stereocenters. The van der Waals surface area contributed by atoms with Gasteiger partial charge < -0.3 is 29.6 Å². The number of aliphatic hydroxyl groups is 1. The normalized spacial score (nSPS) is 20.0. The number of imidazole rings is 1. The minimum absolute atomic E-state index is 0. The summed E-state index contributed by atoms with van der Waals surface area (Å²) in [4.78, 5) is 17.6. The predicted molar refractivity (Wildman–Crippen MR) is 164 cm³/mol. The molecule has 0 aliphatic carbocycles. The minimum Gasteiger partial charge on any atom is -0.497 e. The molecule has 2 atom stereocenters. The topological polar surface area (TPSA) is 111 Å². The van der Waals surface area contributed by atoms with Crippen molar-refractivity contribution in [3.05, 3.63) is 59.1 Å². The third-order valence-corrected chi connectivity index (χ3v) is 9.88. The number of methoxy groups -OCH3 is 1. The van der Waals surface area contributed by atoms with Gasteiger partial charge in [0.15, 0.2) is 11.5 Å². The first-order chi connectivity index (χ1) is 19.3. The molecule has 3 N–H and O–H groups in total. The average Bonchev–Trinajstić information content (AvgIpc) is 3.54. The third kappa shape index (κ3) is 5.49. The minimum atomic E-state index is -0.199. The summed E-state index contributed by atoms with van der Waals surface area (Å²) in [6.07, 6.45) is 5.84. The molecule has 4 aromatic rings. The second-order valence-electron chi connectivity index (χ2n) is 10.6. The number of fused-ring (bicyclic) bond motifs is 1. The fourth-order valence-electron chi connectivity index (χ4n) is 5.70. The van der Waals surface area contributed by atoms with Gasteiger partial charge in [-0.25, -0.2) is 15.0 Å². The molecule has 6 rings (SSSR count). The Morgan fingerprint density at radius 1 is 1.17 bits per heavy atom. The maximum absolute atomic E-state index is 10.2. The number of rotatable bonds is 6. The molecule has 0 amide bonds. The van der Waals surface area contributed by atoms with Crippen LogP contribution in [0.25, 0.3) is 16.9 Å². The van der Waals surface area contributed by atoms with Crippen LogP contribution in [0, 0.1) is 12.3 Å². The summed E-state index contributed by atoms with van der Waals surface area (Å²) in [5, 5.41) is 11.5. The van der Waals surface area contributed by atoms with Crippen LogP contribution < -0.4 is 15.4 Å². The molecule has 2 fully saturated rings. The number of ether oxygens (including phenoxy) is 2. The van der Waals surface area contributed by atoms with Gasteiger partial charge in [0, 0.05) is 47.4 Å². The first-order valence-electron chi connectivity index (χ1n) is 13.4. The number of aromatic nitrogens is 4. The molecular weight excluding hydrogens is 583 g/mol. The molecule has 218 valence electrons. The fraction of sp³-hybridized carbons (Fsp3) is 0.414. The van der Waals surface area contributed by atoms with Crippen LogP contribution in [0.1, 0.15) is 31.2 Å². The quantitative estimate of drug-likeness (QED) is 0.303. The number of aliphatic hydroxyl groups excluding tert-OH is 1. The highest BCUT2D eigenvalue weighted by Crippen LogP contribution is 2.43.